The molecule has 0 spiro atoms. The van der Waals surface area contributed by atoms with Crippen molar-refractivity contribution in [3.8, 4) is 0 Å². The molecule has 0 fully saturated rings. The van der Waals surface area contributed by atoms with Gasteiger partial charge in [-0.3, -0.25) is 14.3 Å². The van der Waals surface area contributed by atoms with Gasteiger partial charge < -0.3 is 10.2 Å². The van der Waals surface area contributed by atoms with Crippen LogP contribution in [0, 0.1) is 13.8 Å². The summed E-state index contributed by atoms with van der Waals surface area (Å²) in [4.78, 5) is 26.0. The van der Waals surface area contributed by atoms with Crippen LogP contribution in [0.1, 0.15) is 37.4 Å². The second-order valence-corrected chi connectivity index (χ2v) is 9.69. The first-order chi connectivity index (χ1) is 15.6. The summed E-state index contributed by atoms with van der Waals surface area (Å²) in [6.07, 6.45) is 0. The standard InChI is InChI=1S/C25H27N3O4S/c1-17-5-12-22(15-18(17)2)27-33(31,32)23-13-10-20(11-14-23)24(29)26-16-19-6-8-21(9-7-19)25(30)28(3)4/h5-15,27H,16H2,1-4H3,(H,26,29). The van der Waals surface area contributed by atoms with Gasteiger partial charge in [0.05, 0.1) is 4.90 Å². The first kappa shape index (κ1) is 24.0. The van der Waals surface area contributed by atoms with Crippen molar-refractivity contribution in [3.05, 3.63) is 94.5 Å². The molecule has 3 aromatic carbocycles. The lowest BCUT2D eigenvalue weighted by Crippen LogP contribution is -2.23. The van der Waals surface area contributed by atoms with Gasteiger partial charge in [0.15, 0.2) is 0 Å². The number of sulfonamides is 1. The van der Waals surface area contributed by atoms with E-state index in [2.05, 4.69) is 10.0 Å². The van der Waals surface area contributed by atoms with Crippen molar-refractivity contribution < 1.29 is 18.0 Å². The fourth-order valence-corrected chi connectivity index (χ4v) is 4.16. The molecule has 0 heterocycles. The number of rotatable bonds is 7. The Morgan fingerprint density at radius 2 is 1.42 bits per heavy atom. The lowest BCUT2D eigenvalue weighted by Gasteiger charge is -2.11. The average Bonchev–Trinajstić information content (AvgIpc) is 2.79. The lowest BCUT2D eigenvalue weighted by molar-refractivity contribution is 0.0827. The quantitative estimate of drug-likeness (QED) is 0.556. The third-order valence-corrected chi connectivity index (χ3v) is 6.64. The van der Waals surface area contributed by atoms with Gasteiger partial charge in [-0.05, 0) is 79.1 Å². The molecule has 172 valence electrons. The average molecular weight is 466 g/mol. The molecule has 0 aliphatic carbocycles. The van der Waals surface area contributed by atoms with Crippen molar-refractivity contribution in [2.45, 2.75) is 25.3 Å². The first-order valence-corrected chi connectivity index (χ1v) is 11.8. The fourth-order valence-electron chi connectivity index (χ4n) is 3.11. The molecule has 0 aliphatic rings. The Kier molecular flexibility index (Phi) is 7.18. The highest BCUT2D eigenvalue weighted by atomic mass is 32.2. The van der Waals surface area contributed by atoms with Crippen LogP contribution in [0.4, 0.5) is 5.69 Å². The number of carbonyl (C=O) groups excluding carboxylic acids is 2. The summed E-state index contributed by atoms with van der Waals surface area (Å²) in [5, 5.41) is 2.80. The number of benzene rings is 3. The highest BCUT2D eigenvalue weighted by Crippen LogP contribution is 2.19. The first-order valence-electron chi connectivity index (χ1n) is 10.4. The van der Waals surface area contributed by atoms with Crippen LogP contribution in [-0.4, -0.2) is 39.2 Å². The van der Waals surface area contributed by atoms with E-state index in [1.165, 1.54) is 29.2 Å². The van der Waals surface area contributed by atoms with E-state index in [0.29, 0.717) is 16.8 Å². The number of amides is 2. The third-order valence-electron chi connectivity index (χ3n) is 5.25. The number of hydrogen-bond donors (Lipinski definition) is 2. The predicted molar refractivity (Wildman–Crippen MR) is 129 cm³/mol. The van der Waals surface area contributed by atoms with Gasteiger partial charge in [0.1, 0.15) is 0 Å². The van der Waals surface area contributed by atoms with Crippen molar-refractivity contribution in [2.75, 3.05) is 18.8 Å². The molecule has 0 saturated heterocycles. The van der Waals surface area contributed by atoms with Gasteiger partial charge in [0, 0.05) is 37.5 Å². The molecule has 8 heteroatoms. The minimum Gasteiger partial charge on any atom is -0.348 e. The maximum Gasteiger partial charge on any atom is 0.261 e. The van der Waals surface area contributed by atoms with Crippen molar-refractivity contribution in [1.29, 1.82) is 0 Å². The van der Waals surface area contributed by atoms with Crippen LogP contribution in [0.25, 0.3) is 0 Å². The fraction of sp³-hybridized carbons (Fsp3) is 0.200. The summed E-state index contributed by atoms with van der Waals surface area (Å²) in [5.41, 5.74) is 4.31. The molecule has 2 N–H and O–H groups in total. The molecule has 0 bridgehead atoms. The summed E-state index contributed by atoms with van der Waals surface area (Å²) in [5.74, 6) is -0.415. The van der Waals surface area contributed by atoms with E-state index in [0.717, 1.165) is 16.7 Å². The summed E-state index contributed by atoms with van der Waals surface area (Å²) in [7, 11) is -0.397. The summed E-state index contributed by atoms with van der Waals surface area (Å²) >= 11 is 0. The summed E-state index contributed by atoms with van der Waals surface area (Å²) < 4.78 is 27.9. The maximum absolute atomic E-state index is 12.7. The molecule has 33 heavy (non-hydrogen) atoms. The molecule has 0 radical (unpaired) electrons. The zero-order valence-electron chi connectivity index (χ0n) is 19.0. The Morgan fingerprint density at radius 1 is 0.818 bits per heavy atom. The van der Waals surface area contributed by atoms with Crippen LogP contribution in [-0.2, 0) is 16.6 Å². The third kappa shape index (κ3) is 5.98. The Morgan fingerprint density at radius 3 is 2.00 bits per heavy atom. The normalized spacial score (nSPS) is 11.0. The van der Waals surface area contributed by atoms with Gasteiger partial charge in [0.2, 0.25) is 0 Å². The molecule has 3 aromatic rings. The van der Waals surface area contributed by atoms with E-state index in [1.54, 1.807) is 50.5 Å². The molecular formula is C25H27N3O4S. The van der Waals surface area contributed by atoms with E-state index in [9.17, 15) is 18.0 Å². The van der Waals surface area contributed by atoms with E-state index in [4.69, 9.17) is 0 Å². The van der Waals surface area contributed by atoms with E-state index in [-0.39, 0.29) is 23.3 Å². The van der Waals surface area contributed by atoms with Crippen LogP contribution in [0.15, 0.2) is 71.6 Å². The van der Waals surface area contributed by atoms with Crippen molar-refractivity contribution in [3.63, 3.8) is 0 Å². The molecule has 3 rings (SSSR count). The van der Waals surface area contributed by atoms with Crippen molar-refractivity contribution >= 4 is 27.5 Å². The molecule has 7 nitrogen and oxygen atoms in total. The molecule has 2 amide bonds. The second kappa shape index (κ2) is 9.87. The van der Waals surface area contributed by atoms with Gasteiger partial charge in [0.25, 0.3) is 21.8 Å². The van der Waals surface area contributed by atoms with Gasteiger partial charge in [-0.1, -0.05) is 18.2 Å². The highest BCUT2D eigenvalue weighted by Gasteiger charge is 2.16. The minimum atomic E-state index is -3.77. The zero-order chi connectivity index (χ0) is 24.2. The maximum atomic E-state index is 12.7. The number of hydrogen-bond acceptors (Lipinski definition) is 4. The van der Waals surface area contributed by atoms with Crippen LogP contribution >= 0.6 is 0 Å². The number of carbonyl (C=O) groups is 2. The van der Waals surface area contributed by atoms with Gasteiger partial charge in [-0.15, -0.1) is 0 Å². The molecule has 0 saturated carbocycles. The van der Waals surface area contributed by atoms with Gasteiger partial charge >= 0.3 is 0 Å². The van der Waals surface area contributed by atoms with Gasteiger partial charge in [-0.25, -0.2) is 8.42 Å². The van der Waals surface area contributed by atoms with E-state index >= 15 is 0 Å². The van der Waals surface area contributed by atoms with Crippen molar-refractivity contribution in [1.82, 2.24) is 10.2 Å². The number of anilines is 1. The number of nitrogens with zero attached hydrogens (tertiary/aromatic N) is 1. The van der Waals surface area contributed by atoms with Crippen LogP contribution in [0.3, 0.4) is 0 Å². The second-order valence-electron chi connectivity index (χ2n) is 8.01. The smallest absolute Gasteiger partial charge is 0.261 e. The van der Waals surface area contributed by atoms with E-state index < -0.39 is 10.0 Å². The Hall–Kier alpha value is -3.65. The summed E-state index contributed by atoms with van der Waals surface area (Å²) in [6.45, 7) is 4.15. The predicted octanol–water partition coefficient (Wildman–Crippen LogP) is 3.74. The molecular weight excluding hydrogens is 438 g/mol. The largest absolute Gasteiger partial charge is 0.348 e. The SMILES string of the molecule is Cc1ccc(NS(=O)(=O)c2ccc(C(=O)NCc3ccc(C(=O)N(C)C)cc3)cc2)cc1C. The topological polar surface area (TPSA) is 95.6 Å². The minimum absolute atomic E-state index is 0.0680. The molecule has 0 aliphatic heterocycles. The Labute approximate surface area is 194 Å². The van der Waals surface area contributed by atoms with Crippen LogP contribution < -0.4 is 10.0 Å². The number of nitrogens with one attached hydrogen (secondary N) is 2. The molecule has 0 aromatic heterocycles. The molecule has 0 unspecified atom stereocenters. The zero-order valence-corrected chi connectivity index (χ0v) is 19.9. The van der Waals surface area contributed by atoms with Crippen molar-refractivity contribution in [2.24, 2.45) is 0 Å². The Balaban J connectivity index is 1.62. The van der Waals surface area contributed by atoms with Crippen LogP contribution in [0.5, 0.6) is 0 Å². The summed E-state index contributed by atoms with van der Waals surface area (Å²) in [6, 6.07) is 18.1. The van der Waals surface area contributed by atoms with E-state index in [1.807, 2.05) is 19.9 Å². The van der Waals surface area contributed by atoms with Crippen LogP contribution in [0.2, 0.25) is 0 Å². The number of aryl methyl sites for hydroxylation is 2. The lowest BCUT2D eigenvalue weighted by atomic mass is 10.1. The monoisotopic (exact) mass is 465 g/mol. The highest BCUT2D eigenvalue weighted by molar-refractivity contribution is 7.92. The van der Waals surface area contributed by atoms with Gasteiger partial charge in [-0.2, -0.15) is 0 Å². The Bertz CT molecular complexity index is 1270. The molecule has 0 atom stereocenters.